The summed E-state index contributed by atoms with van der Waals surface area (Å²) in [6.45, 7) is 11.8. The molecule has 1 N–H and O–H groups in total. The number of fused-ring (bicyclic) bond motifs is 1. The fourth-order valence-corrected chi connectivity index (χ4v) is 6.50. The Morgan fingerprint density at radius 2 is 1.69 bits per heavy atom. The molecule has 2 amide bonds. The van der Waals surface area contributed by atoms with Crippen LogP contribution in [0.3, 0.4) is 0 Å². The standard InChI is InChI=1S/C37H42F2N6O4/c1-7-23-15-22(2)40-20-29(23)27-17-26(24-9-8-10-45(21-24)36(47)49-37(3,4)5)32(39)33-28(27)18-30(42-33)35(46)44-13-11-43(12-14-44)34-31(48-6)16-25(38)19-41-34/h9,15-20,42H,7-8,10-14,21H2,1-6H3. The number of aromatic nitrogens is 3. The van der Waals surface area contributed by atoms with Crippen LogP contribution in [0.4, 0.5) is 19.4 Å². The predicted molar refractivity (Wildman–Crippen MR) is 185 cm³/mol. The van der Waals surface area contributed by atoms with Gasteiger partial charge in [-0.1, -0.05) is 13.0 Å². The van der Waals surface area contributed by atoms with Gasteiger partial charge >= 0.3 is 6.09 Å². The number of halogens is 2. The average Bonchev–Trinajstić information content (AvgIpc) is 3.54. The minimum absolute atomic E-state index is 0.189. The Balaban J connectivity index is 1.35. The first kappa shape index (κ1) is 33.9. The van der Waals surface area contributed by atoms with Crippen molar-refractivity contribution in [2.75, 3.05) is 51.3 Å². The van der Waals surface area contributed by atoms with Crippen molar-refractivity contribution in [1.82, 2.24) is 24.8 Å². The van der Waals surface area contributed by atoms with Crippen molar-refractivity contribution < 1.29 is 27.8 Å². The van der Waals surface area contributed by atoms with Gasteiger partial charge in [-0.25, -0.2) is 18.6 Å². The molecule has 6 rings (SSSR count). The Morgan fingerprint density at radius 3 is 2.39 bits per heavy atom. The Bertz CT molecular complexity index is 1940. The first-order valence-electron chi connectivity index (χ1n) is 16.6. The second-order valence-corrected chi connectivity index (χ2v) is 13.5. The maximum absolute atomic E-state index is 16.7. The number of pyridine rings is 2. The van der Waals surface area contributed by atoms with E-state index in [4.69, 9.17) is 9.47 Å². The molecule has 0 saturated carbocycles. The molecule has 0 atom stereocenters. The maximum Gasteiger partial charge on any atom is 0.410 e. The number of nitrogens with zero attached hydrogens (tertiary/aromatic N) is 5. The van der Waals surface area contributed by atoms with Gasteiger partial charge in [0, 0.05) is 73.7 Å². The molecule has 0 spiro atoms. The summed E-state index contributed by atoms with van der Waals surface area (Å²) in [7, 11) is 1.46. The number of carbonyl (C=O) groups excluding carboxylic acids is 2. The van der Waals surface area contributed by atoms with Gasteiger partial charge in [0.1, 0.15) is 17.1 Å². The third-order valence-corrected chi connectivity index (χ3v) is 8.91. The van der Waals surface area contributed by atoms with Crippen LogP contribution in [0, 0.1) is 18.6 Å². The summed E-state index contributed by atoms with van der Waals surface area (Å²) in [6.07, 6.45) is 5.74. The molecule has 2 aliphatic rings. The monoisotopic (exact) mass is 672 g/mol. The SMILES string of the molecule is CCc1cc(C)ncc1-c1cc(C2=CCCN(C(=O)OC(C)(C)C)C2)c(F)c2[nH]c(C(=O)N3CCN(c4ncc(F)cc4OC)CC3)cc12. The molecule has 0 bridgehead atoms. The smallest absolute Gasteiger partial charge is 0.410 e. The zero-order valence-corrected chi connectivity index (χ0v) is 28.8. The summed E-state index contributed by atoms with van der Waals surface area (Å²) in [5.74, 6) is -0.397. The normalized spacial score (nSPS) is 15.4. The molecule has 4 aromatic rings. The van der Waals surface area contributed by atoms with Gasteiger partial charge in [-0.05, 0) is 75.4 Å². The molecule has 12 heteroatoms. The van der Waals surface area contributed by atoms with Crippen LogP contribution in [0.15, 0.2) is 42.7 Å². The number of aryl methyl sites for hydroxylation is 2. The highest BCUT2D eigenvalue weighted by Gasteiger charge is 2.30. The van der Waals surface area contributed by atoms with Crippen LogP contribution in [0.5, 0.6) is 5.75 Å². The van der Waals surface area contributed by atoms with E-state index in [1.165, 1.54) is 13.2 Å². The van der Waals surface area contributed by atoms with Crippen LogP contribution in [-0.2, 0) is 11.2 Å². The van der Waals surface area contributed by atoms with Crippen molar-refractivity contribution >= 4 is 34.3 Å². The van der Waals surface area contributed by atoms with Crippen molar-refractivity contribution in [2.24, 2.45) is 0 Å². The molecule has 2 aliphatic heterocycles. The fourth-order valence-electron chi connectivity index (χ4n) is 6.50. The van der Waals surface area contributed by atoms with E-state index in [2.05, 4.69) is 21.9 Å². The third kappa shape index (κ3) is 6.95. The first-order valence-corrected chi connectivity index (χ1v) is 16.6. The molecule has 1 fully saturated rings. The number of rotatable bonds is 6. The summed E-state index contributed by atoms with van der Waals surface area (Å²) in [5.41, 5.74) is 4.38. The molecular formula is C37H42F2N6O4. The largest absolute Gasteiger partial charge is 0.493 e. The lowest BCUT2D eigenvalue weighted by atomic mass is 9.91. The number of hydrogen-bond donors (Lipinski definition) is 1. The van der Waals surface area contributed by atoms with E-state index >= 15 is 4.39 Å². The molecular weight excluding hydrogens is 630 g/mol. The maximum atomic E-state index is 16.7. The Kier molecular flexibility index (Phi) is 9.32. The number of H-pyrrole nitrogens is 1. The van der Waals surface area contributed by atoms with Gasteiger partial charge in [-0.2, -0.15) is 0 Å². The van der Waals surface area contributed by atoms with Crippen molar-refractivity contribution in [1.29, 1.82) is 0 Å². The number of methoxy groups -OCH3 is 1. The van der Waals surface area contributed by atoms with Crippen LogP contribution in [0.2, 0.25) is 0 Å². The van der Waals surface area contributed by atoms with E-state index in [9.17, 15) is 14.0 Å². The number of aromatic amines is 1. The van der Waals surface area contributed by atoms with Crippen molar-refractivity contribution in [3.8, 4) is 16.9 Å². The zero-order valence-electron chi connectivity index (χ0n) is 28.8. The number of carbonyl (C=O) groups is 2. The molecule has 1 saturated heterocycles. The van der Waals surface area contributed by atoms with Gasteiger partial charge in [-0.15, -0.1) is 0 Å². The number of ether oxygens (including phenoxy) is 2. The second kappa shape index (κ2) is 13.5. The molecule has 0 unspecified atom stereocenters. The van der Waals surface area contributed by atoms with E-state index in [-0.39, 0.29) is 23.7 Å². The fraction of sp³-hybridized carbons (Fsp3) is 0.405. The molecule has 10 nitrogen and oxygen atoms in total. The Hall–Kier alpha value is -5.00. The summed E-state index contributed by atoms with van der Waals surface area (Å²) in [5, 5.41) is 0.573. The number of benzene rings is 1. The topological polar surface area (TPSA) is 104 Å². The van der Waals surface area contributed by atoms with Gasteiger partial charge in [-0.3, -0.25) is 9.78 Å². The lowest BCUT2D eigenvalue weighted by Crippen LogP contribution is -2.49. The summed E-state index contributed by atoms with van der Waals surface area (Å²) in [4.78, 5) is 44.0. The highest BCUT2D eigenvalue weighted by Crippen LogP contribution is 2.38. The number of anilines is 1. The third-order valence-electron chi connectivity index (χ3n) is 8.91. The summed E-state index contributed by atoms with van der Waals surface area (Å²) in [6, 6.07) is 6.85. The lowest BCUT2D eigenvalue weighted by Gasteiger charge is -2.35. The average molecular weight is 673 g/mol. The van der Waals surface area contributed by atoms with Crippen LogP contribution < -0.4 is 9.64 Å². The van der Waals surface area contributed by atoms with Crippen molar-refractivity contribution in [3.63, 3.8) is 0 Å². The molecule has 0 radical (unpaired) electrons. The van der Waals surface area contributed by atoms with Gasteiger partial charge in [0.2, 0.25) is 0 Å². The minimum Gasteiger partial charge on any atom is -0.493 e. The lowest BCUT2D eigenvalue weighted by molar-refractivity contribution is 0.0272. The van der Waals surface area contributed by atoms with E-state index in [1.807, 2.05) is 50.8 Å². The minimum atomic E-state index is -0.657. The Morgan fingerprint density at radius 1 is 0.939 bits per heavy atom. The van der Waals surface area contributed by atoms with E-state index in [0.29, 0.717) is 67.2 Å². The predicted octanol–water partition coefficient (Wildman–Crippen LogP) is 6.77. The number of hydrogen-bond acceptors (Lipinski definition) is 7. The molecule has 1 aromatic carbocycles. The van der Waals surface area contributed by atoms with Crippen LogP contribution in [0.25, 0.3) is 27.6 Å². The number of amides is 2. The quantitative estimate of drug-likeness (QED) is 0.241. The Labute approximate surface area is 284 Å². The second-order valence-electron chi connectivity index (χ2n) is 13.5. The molecule has 3 aromatic heterocycles. The first-order chi connectivity index (χ1) is 23.4. The summed E-state index contributed by atoms with van der Waals surface area (Å²) >= 11 is 0. The van der Waals surface area contributed by atoms with E-state index in [0.717, 1.165) is 35.0 Å². The highest BCUT2D eigenvalue weighted by atomic mass is 19.1. The molecule has 49 heavy (non-hydrogen) atoms. The van der Waals surface area contributed by atoms with Crippen LogP contribution in [-0.4, -0.2) is 88.7 Å². The van der Waals surface area contributed by atoms with Crippen molar-refractivity contribution in [3.05, 3.63) is 76.9 Å². The van der Waals surface area contributed by atoms with Gasteiger partial charge in [0.05, 0.1) is 18.8 Å². The van der Waals surface area contributed by atoms with Gasteiger partial charge in [0.15, 0.2) is 17.4 Å². The van der Waals surface area contributed by atoms with Gasteiger partial charge < -0.3 is 29.2 Å². The van der Waals surface area contributed by atoms with Gasteiger partial charge in [0.25, 0.3) is 5.91 Å². The molecule has 5 heterocycles. The van der Waals surface area contributed by atoms with E-state index in [1.54, 1.807) is 22.1 Å². The van der Waals surface area contributed by atoms with Crippen LogP contribution in [0.1, 0.15) is 61.4 Å². The number of nitrogens with one attached hydrogen (secondary N) is 1. The van der Waals surface area contributed by atoms with E-state index < -0.39 is 23.3 Å². The molecule has 258 valence electrons. The van der Waals surface area contributed by atoms with Crippen molar-refractivity contribution in [2.45, 2.75) is 53.1 Å². The summed E-state index contributed by atoms with van der Waals surface area (Å²) < 4.78 is 41.3. The number of piperazine rings is 1. The van der Waals surface area contributed by atoms with Crippen LogP contribution >= 0.6 is 0 Å². The molecule has 0 aliphatic carbocycles. The highest BCUT2D eigenvalue weighted by molar-refractivity contribution is 6.05. The zero-order chi connectivity index (χ0) is 35.0.